The van der Waals surface area contributed by atoms with Gasteiger partial charge in [0.2, 0.25) is 5.91 Å². The topological polar surface area (TPSA) is 69.6 Å². The van der Waals surface area contributed by atoms with E-state index in [9.17, 15) is 14.7 Å². The number of aryl methyl sites for hydroxylation is 1. The number of nitrogens with zero attached hydrogens (tertiary/aromatic N) is 1. The minimum Gasteiger partial charge on any atom is -0.507 e. The first-order chi connectivity index (χ1) is 10.5. The summed E-state index contributed by atoms with van der Waals surface area (Å²) in [5, 5.41) is 12.9. The van der Waals surface area contributed by atoms with Gasteiger partial charge in [0, 0.05) is 19.6 Å². The fourth-order valence-corrected chi connectivity index (χ4v) is 2.76. The fraction of sp³-hybridized carbons (Fsp3) is 0.529. The Morgan fingerprint density at radius 3 is 2.86 bits per heavy atom. The molecule has 0 bridgehead atoms. The summed E-state index contributed by atoms with van der Waals surface area (Å²) in [5.41, 5.74) is 1.21. The number of carbonyl (C=O) groups is 2. The molecule has 1 aromatic rings. The molecular weight excluding hydrogens is 280 g/mol. The van der Waals surface area contributed by atoms with Crippen LogP contribution in [0.3, 0.4) is 0 Å². The summed E-state index contributed by atoms with van der Waals surface area (Å²) < 4.78 is 0. The molecule has 0 spiro atoms. The van der Waals surface area contributed by atoms with Crippen molar-refractivity contribution in [3.63, 3.8) is 0 Å². The minimum absolute atomic E-state index is 0.00237. The van der Waals surface area contributed by atoms with E-state index in [1.165, 1.54) is 0 Å². The number of hydrogen-bond acceptors (Lipinski definition) is 3. The maximum atomic E-state index is 12.5. The van der Waals surface area contributed by atoms with E-state index in [-0.39, 0.29) is 23.5 Å². The molecule has 5 heteroatoms. The number of benzene rings is 1. The zero-order chi connectivity index (χ0) is 16.1. The van der Waals surface area contributed by atoms with Crippen LogP contribution >= 0.6 is 0 Å². The van der Waals surface area contributed by atoms with E-state index in [2.05, 4.69) is 5.32 Å². The zero-order valence-electron chi connectivity index (χ0n) is 13.3. The van der Waals surface area contributed by atoms with Crippen molar-refractivity contribution in [2.75, 3.05) is 19.6 Å². The number of amides is 2. The number of aromatic hydroxyl groups is 1. The van der Waals surface area contributed by atoms with E-state index >= 15 is 0 Å². The van der Waals surface area contributed by atoms with Crippen LogP contribution in [0.4, 0.5) is 0 Å². The predicted octanol–water partition coefficient (Wildman–Crippen LogP) is 2.08. The molecule has 5 nitrogen and oxygen atoms in total. The number of likely N-dealkylation sites (tertiary alicyclic amines) is 1. The molecule has 120 valence electrons. The molecule has 1 atom stereocenters. The average molecular weight is 304 g/mol. The van der Waals surface area contributed by atoms with E-state index in [0.717, 1.165) is 24.8 Å². The number of phenolic OH excluding ortho intramolecular Hbond substituents is 1. The Labute approximate surface area is 131 Å². The van der Waals surface area contributed by atoms with Gasteiger partial charge in [0.25, 0.3) is 5.91 Å². The molecular formula is C17H24N2O3. The lowest BCUT2D eigenvalue weighted by molar-refractivity contribution is -0.126. The number of carbonyl (C=O) groups excluding carboxylic acids is 2. The first-order valence-corrected chi connectivity index (χ1v) is 7.89. The van der Waals surface area contributed by atoms with E-state index in [1.807, 2.05) is 19.9 Å². The van der Waals surface area contributed by atoms with Gasteiger partial charge in [0.15, 0.2) is 0 Å². The molecule has 1 aromatic carbocycles. The van der Waals surface area contributed by atoms with Crippen LogP contribution in [0.15, 0.2) is 18.2 Å². The lowest BCUT2D eigenvalue weighted by Crippen LogP contribution is -2.45. The summed E-state index contributed by atoms with van der Waals surface area (Å²) in [6.45, 7) is 5.59. The third kappa shape index (κ3) is 3.78. The Kier molecular flexibility index (Phi) is 5.41. The Morgan fingerprint density at radius 1 is 1.41 bits per heavy atom. The van der Waals surface area contributed by atoms with Crippen LogP contribution in [0.1, 0.15) is 42.1 Å². The van der Waals surface area contributed by atoms with Crippen molar-refractivity contribution in [1.82, 2.24) is 10.2 Å². The Hall–Kier alpha value is -2.04. The largest absolute Gasteiger partial charge is 0.507 e. The SMILES string of the molecule is CCCNC(=O)C1CCCN(C(=O)c2ccc(C)cc2O)C1. The third-order valence-electron chi connectivity index (χ3n) is 4.01. The first-order valence-electron chi connectivity index (χ1n) is 7.89. The molecule has 1 saturated heterocycles. The number of phenols is 1. The van der Waals surface area contributed by atoms with Crippen LogP contribution in [0.5, 0.6) is 5.75 Å². The highest BCUT2D eigenvalue weighted by molar-refractivity contribution is 5.97. The molecule has 2 amide bonds. The molecule has 1 fully saturated rings. The summed E-state index contributed by atoms with van der Waals surface area (Å²) in [4.78, 5) is 26.3. The lowest BCUT2D eigenvalue weighted by Gasteiger charge is -2.32. The van der Waals surface area contributed by atoms with Crippen LogP contribution < -0.4 is 5.32 Å². The van der Waals surface area contributed by atoms with Gasteiger partial charge in [-0.2, -0.15) is 0 Å². The van der Waals surface area contributed by atoms with Crippen LogP contribution in [-0.2, 0) is 4.79 Å². The van der Waals surface area contributed by atoms with Crippen LogP contribution in [0.25, 0.3) is 0 Å². The van der Waals surface area contributed by atoms with Gasteiger partial charge in [0.05, 0.1) is 11.5 Å². The summed E-state index contributed by atoms with van der Waals surface area (Å²) >= 11 is 0. The van der Waals surface area contributed by atoms with Crippen molar-refractivity contribution in [3.05, 3.63) is 29.3 Å². The monoisotopic (exact) mass is 304 g/mol. The molecule has 0 saturated carbocycles. The van der Waals surface area contributed by atoms with Gasteiger partial charge in [-0.05, 0) is 43.9 Å². The lowest BCUT2D eigenvalue weighted by atomic mass is 9.96. The maximum absolute atomic E-state index is 12.5. The van der Waals surface area contributed by atoms with Crippen LogP contribution in [-0.4, -0.2) is 41.5 Å². The molecule has 1 aliphatic rings. The quantitative estimate of drug-likeness (QED) is 0.895. The Balaban J connectivity index is 2.05. The van der Waals surface area contributed by atoms with Gasteiger partial charge in [-0.3, -0.25) is 9.59 Å². The summed E-state index contributed by atoms with van der Waals surface area (Å²) in [6, 6.07) is 5.04. The van der Waals surface area contributed by atoms with Crippen molar-refractivity contribution >= 4 is 11.8 Å². The second-order valence-electron chi connectivity index (χ2n) is 5.90. The summed E-state index contributed by atoms with van der Waals surface area (Å²) in [5.74, 6) is -0.336. The van der Waals surface area contributed by atoms with Crippen molar-refractivity contribution in [1.29, 1.82) is 0 Å². The second kappa shape index (κ2) is 7.29. The molecule has 1 heterocycles. The van der Waals surface area contributed by atoms with Gasteiger partial charge in [-0.25, -0.2) is 0 Å². The molecule has 1 unspecified atom stereocenters. The molecule has 0 aromatic heterocycles. The van der Waals surface area contributed by atoms with Gasteiger partial charge in [-0.15, -0.1) is 0 Å². The van der Waals surface area contributed by atoms with Gasteiger partial charge >= 0.3 is 0 Å². The molecule has 2 N–H and O–H groups in total. The van der Waals surface area contributed by atoms with Crippen molar-refractivity contribution in [3.8, 4) is 5.75 Å². The highest BCUT2D eigenvalue weighted by Gasteiger charge is 2.29. The number of rotatable bonds is 4. The Bertz CT molecular complexity index is 557. The number of piperidine rings is 1. The van der Waals surface area contributed by atoms with E-state index in [0.29, 0.717) is 25.2 Å². The molecule has 22 heavy (non-hydrogen) atoms. The minimum atomic E-state index is -0.203. The molecule has 0 radical (unpaired) electrons. The second-order valence-corrected chi connectivity index (χ2v) is 5.90. The van der Waals surface area contributed by atoms with Gasteiger partial charge < -0.3 is 15.3 Å². The normalized spacial score (nSPS) is 18.1. The number of hydrogen-bond donors (Lipinski definition) is 2. The summed E-state index contributed by atoms with van der Waals surface area (Å²) in [7, 11) is 0. The van der Waals surface area contributed by atoms with E-state index in [1.54, 1.807) is 17.0 Å². The first kappa shape index (κ1) is 16.3. The smallest absolute Gasteiger partial charge is 0.257 e. The highest BCUT2D eigenvalue weighted by atomic mass is 16.3. The maximum Gasteiger partial charge on any atom is 0.257 e. The van der Waals surface area contributed by atoms with E-state index < -0.39 is 0 Å². The molecule has 2 rings (SSSR count). The molecule has 0 aliphatic carbocycles. The van der Waals surface area contributed by atoms with Gasteiger partial charge in [0.1, 0.15) is 5.75 Å². The van der Waals surface area contributed by atoms with Gasteiger partial charge in [-0.1, -0.05) is 13.0 Å². The summed E-state index contributed by atoms with van der Waals surface area (Å²) in [6.07, 6.45) is 2.51. The van der Waals surface area contributed by atoms with Crippen LogP contribution in [0.2, 0.25) is 0 Å². The fourth-order valence-electron chi connectivity index (χ4n) is 2.76. The van der Waals surface area contributed by atoms with E-state index in [4.69, 9.17) is 0 Å². The standard InChI is InChI=1S/C17H24N2O3/c1-3-8-18-16(21)13-5-4-9-19(11-13)17(22)14-7-6-12(2)10-15(14)20/h6-7,10,13,20H,3-5,8-9,11H2,1-2H3,(H,18,21). The van der Waals surface area contributed by atoms with Crippen molar-refractivity contribution in [2.24, 2.45) is 5.92 Å². The predicted molar refractivity (Wildman–Crippen MR) is 84.8 cm³/mol. The van der Waals surface area contributed by atoms with Crippen molar-refractivity contribution in [2.45, 2.75) is 33.1 Å². The third-order valence-corrected chi connectivity index (χ3v) is 4.01. The van der Waals surface area contributed by atoms with Crippen molar-refractivity contribution < 1.29 is 14.7 Å². The molecule has 1 aliphatic heterocycles. The highest BCUT2D eigenvalue weighted by Crippen LogP contribution is 2.24. The van der Waals surface area contributed by atoms with Crippen LogP contribution in [0, 0.1) is 12.8 Å². The number of nitrogens with one attached hydrogen (secondary N) is 1. The zero-order valence-corrected chi connectivity index (χ0v) is 13.3. The Morgan fingerprint density at radius 2 is 2.18 bits per heavy atom. The average Bonchev–Trinajstić information content (AvgIpc) is 2.52.